The summed E-state index contributed by atoms with van der Waals surface area (Å²) in [5.41, 5.74) is 0.461. The van der Waals surface area contributed by atoms with E-state index in [2.05, 4.69) is 5.32 Å². The number of nitrogens with one attached hydrogen (secondary N) is 1. The van der Waals surface area contributed by atoms with E-state index >= 15 is 0 Å². The molecule has 4 heteroatoms. The molecule has 0 aromatic heterocycles. The highest BCUT2D eigenvalue weighted by Gasteiger charge is 2.38. The van der Waals surface area contributed by atoms with Crippen LogP contribution in [0.4, 0.5) is 4.39 Å². The molecule has 1 fully saturated rings. The topological polar surface area (TPSA) is 38.3 Å². The van der Waals surface area contributed by atoms with Gasteiger partial charge in [0.1, 0.15) is 5.82 Å². The molecule has 2 atom stereocenters. The van der Waals surface area contributed by atoms with Crippen molar-refractivity contribution in [2.45, 2.75) is 38.8 Å². The summed E-state index contributed by atoms with van der Waals surface area (Å²) in [7, 11) is 0. The normalized spacial score (nSPS) is 27.2. The van der Waals surface area contributed by atoms with E-state index in [0.29, 0.717) is 6.61 Å². The minimum atomic E-state index is -0.484. The van der Waals surface area contributed by atoms with Crippen molar-refractivity contribution < 1.29 is 13.9 Å². The smallest absolute Gasteiger partial charge is 0.254 e. The predicted molar refractivity (Wildman–Crippen MR) is 67.0 cm³/mol. The number of hydrogen-bond donors (Lipinski definition) is 1. The summed E-state index contributed by atoms with van der Waals surface area (Å²) in [4.78, 5) is 12.1. The number of ether oxygens (including phenoxy) is 1. The third-order valence-electron chi connectivity index (χ3n) is 3.65. The van der Waals surface area contributed by atoms with Gasteiger partial charge in [0.15, 0.2) is 0 Å². The standard InChI is InChI=1S/C14H18FNO2/c1-9-4-5-11(12(15)8-9)13(17)16-14(3)6-7-18-10(14)2/h4-5,8,10H,6-7H2,1-3H3,(H,16,17). The summed E-state index contributed by atoms with van der Waals surface area (Å²) in [6.07, 6.45) is 0.683. The van der Waals surface area contributed by atoms with Crippen LogP contribution in [0.25, 0.3) is 0 Å². The lowest BCUT2D eigenvalue weighted by molar-refractivity contribution is 0.0724. The van der Waals surface area contributed by atoms with Gasteiger partial charge in [-0.1, -0.05) is 6.07 Å². The van der Waals surface area contributed by atoms with E-state index in [0.717, 1.165) is 12.0 Å². The summed E-state index contributed by atoms with van der Waals surface area (Å²) < 4.78 is 19.2. The Morgan fingerprint density at radius 1 is 1.56 bits per heavy atom. The highest BCUT2D eigenvalue weighted by Crippen LogP contribution is 2.25. The highest BCUT2D eigenvalue weighted by atomic mass is 19.1. The minimum absolute atomic E-state index is 0.0602. The number of carbonyl (C=O) groups excluding carboxylic acids is 1. The molecule has 0 bridgehead atoms. The van der Waals surface area contributed by atoms with Crippen molar-refractivity contribution in [3.05, 3.63) is 35.1 Å². The molecular weight excluding hydrogens is 233 g/mol. The van der Waals surface area contributed by atoms with Gasteiger partial charge in [0.2, 0.25) is 0 Å². The molecule has 3 nitrogen and oxygen atoms in total. The van der Waals surface area contributed by atoms with Crippen LogP contribution in [-0.2, 0) is 4.74 Å². The molecule has 2 unspecified atom stereocenters. The fourth-order valence-electron chi connectivity index (χ4n) is 2.13. The van der Waals surface area contributed by atoms with Crippen LogP contribution in [0, 0.1) is 12.7 Å². The molecular formula is C14H18FNO2. The molecule has 0 radical (unpaired) electrons. The van der Waals surface area contributed by atoms with Gasteiger partial charge in [0.25, 0.3) is 5.91 Å². The quantitative estimate of drug-likeness (QED) is 0.876. The summed E-state index contributed by atoms with van der Waals surface area (Å²) in [5.74, 6) is -0.866. The van der Waals surface area contributed by atoms with Gasteiger partial charge in [-0.3, -0.25) is 4.79 Å². The zero-order valence-electron chi connectivity index (χ0n) is 10.9. The van der Waals surface area contributed by atoms with Crippen LogP contribution in [0.15, 0.2) is 18.2 Å². The van der Waals surface area contributed by atoms with E-state index in [4.69, 9.17) is 4.74 Å². The molecule has 0 aliphatic carbocycles. The van der Waals surface area contributed by atoms with Crippen molar-refractivity contribution in [1.29, 1.82) is 0 Å². The average Bonchev–Trinajstić information content (AvgIpc) is 2.58. The fourth-order valence-corrected chi connectivity index (χ4v) is 2.13. The third kappa shape index (κ3) is 2.38. The van der Waals surface area contributed by atoms with E-state index in [1.807, 2.05) is 13.8 Å². The van der Waals surface area contributed by atoms with Crippen LogP contribution in [0.3, 0.4) is 0 Å². The molecule has 1 aromatic carbocycles. The van der Waals surface area contributed by atoms with Gasteiger partial charge in [-0.15, -0.1) is 0 Å². The van der Waals surface area contributed by atoms with Crippen LogP contribution in [0.1, 0.15) is 36.2 Å². The van der Waals surface area contributed by atoms with Crippen LogP contribution in [0.2, 0.25) is 0 Å². The maximum absolute atomic E-state index is 13.7. The second-order valence-electron chi connectivity index (χ2n) is 5.12. The number of rotatable bonds is 2. The Morgan fingerprint density at radius 3 is 2.83 bits per heavy atom. The third-order valence-corrected chi connectivity index (χ3v) is 3.65. The van der Waals surface area contributed by atoms with Crippen molar-refractivity contribution in [1.82, 2.24) is 5.32 Å². The van der Waals surface area contributed by atoms with E-state index in [9.17, 15) is 9.18 Å². The van der Waals surface area contributed by atoms with Gasteiger partial charge in [-0.2, -0.15) is 0 Å². The van der Waals surface area contributed by atoms with Crippen LogP contribution in [0.5, 0.6) is 0 Å². The van der Waals surface area contributed by atoms with Crippen LogP contribution >= 0.6 is 0 Å². The van der Waals surface area contributed by atoms with Gasteiger partial charge in [-0.25, -0.2) is 4.39 Å². The molecule has 1 saturated heterocycles. The predicted octanol–water partition coefficient (Wildman–Crippen LogP) is 2.43. The maximum atomic E-state index is 13.7. The number of amides is 1. The fraction of sp³-hybridized carbons (Fsp3) is 0.500. The molecule has 98 valence electrons. The van der Waals surface area contributed by atoms with Crippen LogP contribution in [-0.4, -0.2) is 24.2 Å². The van der Waals surface area contributed by atoms with Gasteiger partial charge >= 0.3 is 0 Å². The molecule has 1 aromatic rings. The molecule has 2 rings (SSSR count). The molecule has 1 aliphatic heterocycles. The largest absolute Gasteiger partial charge is 0.376 e. The number of aryl methyl sites for hydroxylation is 1. The summed E-state index contributed by atoms with van der Waals surface area (Å²) in [5, 5.41) is 2.88. The van der Waals surface area contributed by atoms with Gasteiger partial charge in [0, 0.05) is 6.61 Å². The van der Waals surface area contributed by atoms with Gasteiger partial charge < -0.3 is 10.1 Å². The zero-order chi connectivity index (χ0) is 13.3. The van der Waals surface area contributed by atoms with Gasteiger partial charge in [-0.05, 0) is 44.9 Å². The van der Waals surface area contributed by atoms with Crippen molar-refractivity contribution >= 4 is 5.91 Å². The zero-order valence-corrected chi connectivity index (χ0v) is 10.9. The first-order valence-electron chi connectivity index (χ1n) is 6.13. The first kappa shape index (κ1) is 13.0. The maximum Gasteiger partial charge on any atom is 0.254 e. The molecule has 1 heterocycles. The lowest BCUT2D eigenvalue weighted by Crippen LogP contribution is -2.50. The van der Waals surface area contributed by atoms with E-state index in [-0.39, 0.29) is 17.6 Å². The summed E-state index contributed by atoms with van der Waals surface area (Å²) in [6.45, 7) is 6.25. The Morgan fingerprint density at radius 2 is 2.28 bits per heavy atom. The SMILES string of the molecule is Cc1ccc(C(=O)NC2(C)CCOC2C)c(F)c1. The summed E-state index contributed by atoms with van der Waals surface area (Å²) in [6, 6.07) is 4.62. The van der Waals surface area contributed by atoms with Crippen molar-refractivity contribution in [2.24, 2.45) is 0 Å². The Labute approximate surface area is 106 Å². The number of carbonyl (C=O) groups is 1. The highest BCUT2D eigenvalue weighted by molar-refractivity contribution is 5.95. The molecule has 0 spiro atoms. The van der Waals surface area contributed by atoms with Crippen LogP contribution < -0.4 is 5.32 Å². The van der Waals surface area contributed by atoms with Crippen molar-refractivity contribution in [3.8, 4) is 0 Å². The first-order valence-corrected chi connectivity index (χ1v) is 6.13. The average molecular weight is 251 g/mol. The monoisotopic (exact) mass is 251 g/mol. The van der Waals surface area contributed by atoms with E-state index in [1.165, 1.54) is 12.1 Å². The number of hydrogen-bond acceptors (Lipinski definition) is 2. The molecule has 1 amide bonds. The first-order chi connectivity index (χ1) is 8.42. The molecule has 18 heavy (non-hydrogen) atoms. The Balaban J connectivity index is 2.17. The molecule has 1 aliphatic rings. The van der Waals surface area contributed by atoms with Gasteiger partial charge in [0.05, 0.1) is 17.2 Å². The number of halogens is 1. The van der Waals surface area contributed by atoms with E-state index in [1.54, 1.807) is 13.0 Å². The molecule has 1 N–H and O–H groups in total. The van der Waals surface area contributed by atoms with E-state index < -0.39 is 11.4 Å². The van der Waals surface area contributed by atoms with Crippen molar-refractivity contribution in [2.75, 3.05) is 6.61 Å². The second-order valence-corrected chi connectivity index (χ2v) is 5.12. The summed E-state index contributed by atoms with van der Waals surface area (Å²) >= 11 is 0. The second kappa shape index (κ2) is 4.69. The molecule has 0 saturated carbocycles. The Hall–Kier alpha value is -1.42. The Kier molecular flexibility index (Phi) is 3.39. The van der Waals surface area contributed by atoms with Crippen molar-refractivity contribution in [3.63, 3.8) is 0 Å². The lowest BCUT2D eigenvalue weighted by atomic mass is 9.94. The number of benzene rings is 1. The lowest BCUT2D eigenvalue weighted by Gasteiger charge is -2.29. The minimum Gasteiger partial charge on any atom is -0.376 e. The Bertz CT molecular complexity index is 475.